The minimum atomic E-state index is -3.58. The van der Waals surface area contributed by atoms with Crippen molar-refractivity contribution in [2.45, 2.75) is 38.5 Å². The van der Waals surface area contributed by atoms with Crippen molar-refractivity contribution in [3.05, 3.63) is 48.0 Å². The summed E-state index contributed by atoms with van der Waals surface area (Å²) in [7, 11) is -3.58. The summed E-state index contributed by atoms with van der Waals surface area (Å²) in [6.45, 7) is 7.28. The van der Waals surface area contributed by atoms with Crippen molar-refractivity contribution >= 4 is 42.6 Å². The molecule has 166 valence electrons. The lowest BCUT2D eigenvalue weighted by Gasteiger charge is -2.21. The summed E-state index contributed by atoms with van der Waals surface area (Å²) in [5, 5.41) is 3.25. The zero-order chi connectivity index (χ0) is 22.4. The van der Waals surface area contributed by atoms with Crippen LogP contribution < -0.4 is 10.1 Å². The Kier molecular flexibility index (Phi) is 7.64. The Labute approximate surface area is 187 Å². The number of amides is 1. The van der Waals surface area contributed by atoms with E-state index >= 15 is 0 Å². The molecule has 1 aromatic heterocycles. The number of para-hydroxylation sites is 1. The van der Waals surface area contributed by atoms with E-state index in [0.29, 0.717) is 41.7 Å². The Balaban J connectivity index is 1.78. The van der Waals surface area contributed by atoms with Gasteiger partial charge >= 0.3 is 0 Å². The van der Waals surface area contributed by atoms with Gasteiger partial charge in [-0.05, 0) is 56.2 Å². The number of ether oxygens (including phenoxy) is 1. The van der Waals surface area contributed by atoms with Gasteiger partial charge in [0.2, 0.25) is 10.0 Å². The molecule has 1 heterocycles. The molecule has 0 bridgehead atoms. The third kappa shape index (κ3) is 5.23. The molecule has 0 fully saturated rings. The Bertz CT molecular complexity index is 1140. The quantitative estimate of drug-likeness (QED) is 0.470. The molecule has 0 saturated heterocycles. The first-order chi connectivity index (χ1) is 14.9. The summed E-state index contributed by atoms with van der Waals surface area (Å²) in [6, 6.07) is 11.7. The van der Waals surface area contributed by atoms with Crippen LogP contribution in [0.15, 0.2) is 47.4 Å². The van der Waals surface area contributed by atoms with Crippen LogP contribution in [-0.4, -0.2) is 43.3 Å². The number of thiazole rings is 1. The predicted octanol–water partition coefficient (Wildman–Crippen LogP) is 4.76. The third-order valence-electron chi connectivity index (χ3n) is 4.60. The Morgan fingerprint density at radius 1 is 1.06 bits per heavy atom. The molecule has 0 aliphatic rings. The zero-order valence-electron chi connectivity index (χ0n) is 17.9. The van der Waals surface area contributed by atoms with Gasteiger partial charge in [-0.15, -0.1) is 0 Å². The van der Waals surface area contributed by atoms with E-state index in [1.165, 1.54) is 39.9 Å². The normalized spacial score (nSPS) is 11.7. The molecule has 7 nitrogen and oxygen atoms in total. The number of rotatable bonds is 10. The average Bonchev–Trinajstić information content (AvgIpc) is 3.17. The molecule has 9 heteroatoms. The van der Waals surface area contributed by atoms with E-state index in [2.05, 4.69) is 10.3 Å². The van der Waals surface area contributed by atoms with Gasteiger partial charge in [0.25, 0.3) is 5.91 Å². The van der Waals surface area contributed by atoms with Gasteiger partial charge in [0.05, 0.1) is 16.2 Å². The van der Waals surface area contributed by atoms with Crippen LogP contribution >= 0.6 is 11.3 Å². The minimum Gasteiger partial charge on any atom is -0.492 e. The highest BCUT2D eigenvalue weighted by Crippen LogP contribution is 2.32. The van der Waals surface area contributed by atoms with Gasteiger partial charge in [-0.1, -0.05) is 31.3 Å². The molecule has 3 rings (SSSR count). The number of carbonyl (C=O) groups is 1. The number of nitrogens with zero attached hydrogens (tertiary/aromatic N) is 2. The largest absolute Gasteiger partial charge is 0.492 e. The second-order valence-corrected chi connectivity index (χ2v) is 9.91. The summed E-state index contributed by atoms with van der Waals surface area (Å²) in [4.78, 5) is 17.3. The number of fused-ring (bicyclic) bond motifs is 1. The lowest BCUT2D eigenvalue weighted by atomic mass is 10.2. The van der Waals surface area contributed by atoms with Crippen molar-refractivity contribution in [2.24, 2.45) is 0 Å². The lowest BCUT2D eigenvalue weighted by Crippen LogP contribution is -2.32. The van der Waals surface area contributed by atoms with Gasteiger partial charge < -0.3 is 4.74 Å². The maximum Gasteiger partial charge on any atom is 0.257 e. The van der Waals surface area contributed by atoms with Crippen LogP contribution in [0.2, 0.25) is 0 Å². The molecule has 0 spiro atoms. The summed E-state index contributed by atoms with van der Waals surface area (Å²) in [5.41, 5.74) is 1.07. The summed E-state index contributed by atoms with van der Waals surface area (Å²) in [6.07, 6.45) is 1.49. The van der Waals surface area contributed by atoms with E-state index in [1.807, 2.05) is 39.0 Å². The van der Waals surface area contributed by atoms with Crippen molar-refractivity contribution in [1.29, 1.82) is 0 Å². The number of nitrogens with one attached hydrogen (secondary N) is 1. The first-order valence-corrected chi connectivity index (χ1v) is 12.6. The van der Waals surface area contributed by atoms with E-state index in [1.54, 1.807) is 0 Å². The van der Waals surface area contributed by atoms with Crippen LogP contribution in [0.25, 0.3) is 10.2 Å². The van der Waals surface area contributed by atoms with Crippen LogP contribution in [0.3, 0.4) is 0 Å². The maximum atomic E-state index is 12.9. The molecule has 0 unspecified atom stereocenters. The lowest BCUT2D eigenvalue weighted by molar-refractivity contribution is 0.102. The second kappa shape index (κ2) is 10.2. The maximum absolute atomic E-state index is 12.9. The fourth-order valence-corrected chi connectivity index (χ4v) is 5.70. The zero-order valence-corrected chi connectivity index (χ0v) is 19.6. The van der Waals surface area contributed by atoms with E-state index in [4.69, 9.17) is 4.74 Å². The van der Waals surface area contributed by atoms with Gasteiger partial charge in [0.1, 0.15) is 11.3 Å². The predicted molar refractivity (Wildman–Crippen MR) is 125 cm³/mol. The van der Waals surface area contributed by atoms with Crippen molar-refractivity contribution in [1.82, 2.24) is 9.29 Å². The molecule has 0 aliphatic heterocycles. The van der Waals surface area contributed by atoms with E-state index in [-0.39, 0.29) is 10.8 Å². The molecule has 3 aromatic rings. The molecule has 0 atom stereocenters. The number of carbonyl (C=O) groups excluding carboxylic acids is 1. The highest BCUT2D eigenvalue weighted by molar-refractivity contribution is 7.89. The number of hydrogen-bond donors (Lipinski definition) is 1. The Morgan fingerprint density at radius 3 is 2.35 bits per heavy atom. The Hall–Kier alpha value is -2.49. The van der Waals surface area contributed by atoms with Gasteiger partial charge in [-0.25, -0.2) is 13.4 Å². The summed E-state index contributed by atoms with van der Waals surface area (Å²) >= 11 is 1.36. The number of anilines is 1. The summed E-state index contributed by atoms with van der Waals surface area (Å²) in [5.74, 6) is 0.329. The molecule has 2 aromatic carbocycles. The topological polar surface area (TPSA) is 88.6 Å². The summed E-state index contributed by atoms with van der Waals surface area (Å²) < 4.78 is 33.7. The number of hydrogen-bond acceptors (Lipinski definition) is 6. The smallest absolute Gasteiger partial charge is 0.257 e. The van der Waals surface area contributed by atoms with E-state index < -0.39 is 10.0 Å². The number of sulfonamides is 1. The monoisotopic (exact) mass is 461 g/mol. The highest BCUT2D eigenvalue weighted by atomic mass is 32.2. The van der Waals surface area contributed by atoms with Gasteiger partial charge in [0.15, 0.2) is 5.13 Å². The highest BCUT2D eigenvalue weighted by Gasteiger charge is 2.23. The standard InChI is InChI=1S/C22H27N3O4S2/c1-4-14-25(15-5-2)31(27,28)17-12-10-16(11-13-17)21(26)24-22-23-20-18(29-6-3)8-7-9-19(20)30-22/h7-13H,4-6,14-15H2,1-3H3,(H,23,24,26). The molecule has 0 aliphatic carbocycles. The molecule has 1 amide bonds. The van der Waals surface area contributed by atoms with E-state index in [0.717, 1.165) is 17.5 Å². The molecule has 31 heavy (non-hydrogen) atoms. The Morgan fingerprint density at radius 2 is 1.74 bits per heavy atom. The van der Waals surface area contributed by atoms with Crippen molar-refractivity contribution in [3.8, 4) is 5.75 Å². The SMILES string of the molecule is CCCN(CCC)S(=O)(=O)c1ccc(C(=O)Nc2nc3c(OCC)cccc3s2)cc1. The number of benzene rings is 2. The van der Waals surface area contributed by atoms with E-state index in [9.17, 15) is 13.2 Å². The molecular formula is C22H27N3O4S2. The second-order valence-electron chi connectivity index (χ2n) is 6.94. The van der Waals surface area contributed by atoms with Gasteiger partial charge in [0, 0.05) is 18.7 Å². The van der Waals surface area contributed by atoms with Crippen molar-refractivity contribution in [2.75, 3.05) is 25.0 Å². The van der Waals surface area contributed by atoms with Crippen molar-refractivity contribution in [3.63, 3.8) is 0 Å². The molecular weight excluding hydrogens is 434 g/mol. The van der Waals surface area contributed by atoms with Crippen LogP contribution in [0.5, 0.6) is 5.75 Å². The van der Waals surface area contributed by atoms with Gasteiger partial charge in [-0.3, -0.25) is 10.1 Å². The minimum absolute atomic E-state index is 0.187. The molecule has 1 N–H and O–H groups in total. The molecule has 0 saturated carbocycles. The average molecular weight is 462 g/mol. The van der Waals surface area contributed by atoms with Crippen LogP contribution in [0, 0.1) is 0 Å². The van der Waals surface area contributed by atoms with Crippen LogP contribution in [0.1, 0.15) is 44.0 Å². The van der Waals surface area contributed by atoms with Crippen LogP contribution in [0.4, 0.5) is 5.13 Å². The third-order valence-corrected chi connectivity index (χ3v) is 7.45. The van der Waals surface area contributed by atoms with Gasteiger partial charge in [-0.2, -0.15) is 4.31 Å². The fraction of sp³-hybridized carbons (Fsp3) is 0.364. The number of aromatic nitrogens is 1. The fourth-order valence-electron chi connectivity index (χ4n) is 3.20. The van der Waals surface area contributed by atoms with Crippen molar-refractivity contribution < 1.29 is 17.9 Å². The first kappa shape index (κ1) is 23.2. The first-order valence-electron chi connectivity index (χ1n) is 10.3. The molecule has 0 radical (unpaired) electrons. The van der Waals surface area contributed by atoms with Crippen LogP contribution in [-0.2, 0) is 10.0 Å².